The highest BCUT2D eigenvalue weighted by atomic mass is 16.5. The van der Waals surface area contributed by atoms with E-state index in [4.69, 9.17) is 4.74 Å². The van der Waals surface area contributed by atoms with Gasteiger partial charge in [-0.05, 0) is 43.7 Å². The van der Waals surface area contributed by atoms with E-state index in [2.05, 4.69) is 17.6 Å². The number of rotatable bonds is 10. The van der Waals surface area contributed by atoms with Crippen LogP contribution in [-0.4, -0.2) is 31.6 Å². The first-order chi connectivity index (χ1) is 10.7. The van der Waals surface area contributed by atoms with Crippen LogP contribution < -0.4 is 10.6 Å². The summed E-state index contributed by atoms with van der Waals surface area (Å²) in [7, 11) is 0. The lowest BCUT2D eigenvalue weighted by Crippen LogP contribution is -2.22. The van der Waals surface area contributed by atoms with E-state index in [1.165, 1.54) is 0 Å². The summed E-state index contributed by atoms with van der Waals surface area (Å²) in [5.41, 5.74) is 1.18. The van der Waals surface area contributed by atoms with E-state index >= 15 is 0 Å². The zero-order chi connectivity index (χ0) is 16.2. The molecule has 0 spiro atoms. The Kier molecular flexibility index (Phi) is 8.91. The number of nitrogens with one attached hydrogen (secondary N) is 2. The van der Waals surface area contributed by atoms with Crippen LogP contribution in [0.4, 0.5) is 5.69 Å². The third-order valence-corrected chi connectivity index (χ3v) is 3.09. The summed E-state index contributed by atoms with van der Waals surface area (Å²) in [5.74, 6) is -0.364. The Morgan fingerprint density at radius 3 is 2.41 bits per heavy atom. The number of carbonyl (C=O) groups excluding carboxylic acids is 2. The first-order valence-electron chi connectivity index (χ1n) is 7.95. The van der Waals surface area contributed by atoms with Crippen LogP contribution in [-0.2, 0) is 9.53 Å². The van der Waals surface area contributed by atoms with E-state index in [0.29, 0.717) is 30.8 Å². The van der Waals surface area contributed by atoms with Crippen molar-refractivity contribution in [2.24, 2.45) is 0 Å². The van der Waals surface area contributed by atoms with Crippen molar-refractivity contribution in [3.8, 4) is 0 Å². The quantitative estimate of drug-likeness (QED) is 0.515. The van der Waals surface area contributed by atoms with Gasteiger partial charge in [-0.1, -0.05) is 20.3 Å². The molecule has 5 nitrogen and oxygen atoms in total. The second-order valence-corrected chi connectivity index (χ2v) is 5.11. The van der Waals surface area contributed by atoms with Gasteiger partial charge in [-0.2, -0.15) is 0 Å². The van der Waals surface area contributed by atoms with Gasteiger partial charge in [0.2, 0.25) is 5.91 Å². The van der Waals surface area contributed by atoms with Crippen LogP contribution in [0.15, 0.2) is 24.3 Å². The van der Waals surface area contributed by atoms with Crippen molar-refractivity contribution in [1.82, 2.24) is 5.32 Å². The number of ether oxygens (including phenoxy) is 1. The third kappa shape index (κ3) is 7.22. The van der Waals surface area contributed by atoms with E-state index in [9.17, 15) is 9.59 Å². The van der Waals surface area contributed by atoms with Crippen molar-refractivity contribution in [1.29, 1.82) is 0 Å². The van der Waals surface area contributed by atoms with E-state index < -0.39 is 0 Å². The second kappa shape index (κ2) is 10.8. The first-order valence-corrected chi connectivity index (χ1v) is 7.95. The third-order valence-electron chi connectivity index (χ3n) is 3.09. The molecule has 0 aliphatic rings. The predicted molar refractivity (Wildman–Crippen MR) is 88.0 cm³/mol. The molecule has 1 amide bonds. The number of unbranched alkanes of at least 4 members (excludes halogenated alkanes) is 1. The van der Waals surface area contributed by atoms with E-state index in [0.717, 1.165) is 25.8 Å². The highest BCUT2D eigenvalue weighted by Gasteiger charge is 2.07. The van der Waals surface area contributed by atoms with Crippen molar-refractivity contribution in [2.75, 3.05) is 25.0 Å². The Balaban J connectivity index is 2.37. The summed E-state index contributed by atoms with van der Waals surface area (Å²) in [6.45, 7) is 6.16. The van der Waals surface area contributed by atoms with Crippen LogP contribution in [0.25, 0.3) is 0 Å². The molecule has 0 aromatic heterocycles. The van der Waals surface area contributed by atoms with Gasteiger partial charge < -0.3 is 15.4 Å². The van der Waals surface area contributed by atoms with Crippen molar-refractivity contribution in [3.63, 3.8) is 0 Å². The molecule has 0 heterocycles. The normalized spacial score (nSPS) is 10.3. The Morgan fingerprint density at radius 1 is 1.05 bits per heavy atom. The molecular weight excluding hydrogens is 280 g/mol. The summed E-state index contributed by atoms with van der Waals surface area (Å²) < 4.78 is 5.13. The van der Waals surface area contributed by atoms with Gasteiger partial charge in [0.1, 0.15) is 0 Å². The standard InChI is InChI=1S/C17H26N2O3/c1-3-5-13-22-17(21)14-6-8-15(9-7-14)19-16(20)10-12-18-11-4-2/h6-9,18H,3-5,10-13H2,1-2H3,(H,19,20). The van der Waals surface area contributed by atoms with Crippen LogP contribution in [0.2, 0.25) is 0 Å². The number of hydrogen-bond acceptors (Lipinski definition) is 4. The maximum Gasteiger partial charge on any atom is 0.338 e. The Labute approximate surface area is 132 Å². The molecule has 0 saturated carbocycles. The molecule has 0 unspecified atom stereocenters. The van der Waals surface area contributed by atoms with E-state index in [1.807, 2.05) is 6.92 Å². The molecule has 122 valence electrons. The fourth-order valence-electron chi connectivity index (χ4n) is 1.81. The predicted octanol–water partition coefficient (Wildman–Crippen LogP) is 2.97. The van der Waals surface area contributed by atoms with E-state index in [-0.39, 0.29) is 11.9 Å². The van der Waals surface area contributed by atoms with Gasteiger partial charge in [0.05, 0.1) is 12.2 Å². The molecule has 2 N–H and O–H groups in total. The smallest absolute Gasteiger partial charge is 0.338 e. The van der Waals surface area contributed by atoms with E-state index in [1.54, 1.807) is 24.3 Å². The van der Waals surface area contributed by atoms with Crippen LogP contribution in [0, 0.1) is 0 Å². The van der Waals surface area contributed by atoms with Crippen molar-refractivity contribution in [2.45, 2.75) is 39.5 Å². The van der Waals surface area contributed by atoms with Crippen LogP contribution in [0.3, 0.4) is 0 Å². The summed E-state index contributed by atoms with van der Waals surface area (Å²) in [6.07, 6.45) is 3.34. The highest BCUT2D eigenvalue weighted by molar-refractivity contribution is 5.93. The average Bonchev–Trinajstić information content (AvgIpc) is 2.52. The van der Waals surface area contributed by atoms with Gasteiger partial charge in [0.15, 0.2) is 0 Å². The van der Waals surface area contributed by atoms with Crippen molar-refractivity contribution < 1.29 is 14.3 Å². The zero-order valence-electron chi connectivity index (χ0n) is 13.5. The number of benzene rings is 1. The van der Waals surface area contributed by atoms with Gasteiger partial charge in [-0.25, -0.2) is 4.79 Å². The molecule has 0 atom stereocenters. The molecule has 0 saturated heterocycles. The van der Waals surface area contributed by atoms with Gasteiger partial charge in [0.25, 0.3) is 0 Å². The van der Waals surface area contributed by atoms with Gasteiger partial charge >= 0.3 is 5.97 Å². The molecule has 22 heavy (non-hydrogen) atoms. The summed E-state index contributed by atoms with van der Waals surface area (Å²) >= 11 is 0. The lowest BCUT2D eigenvalue weighted by molar-refractivity contribution is -0.116. The molecule has 0 bridgehead atoms. The Morgan fingerprint density at radius 2 is 1.77 bits per heavy atom. The minimum absolute atomic E-state index is 0.0399. The molecule has 0 fully saturated rings. The maximum atomic E-state index is 11.7. The molecule has 1 aromatic carbocycles. The Bertz CT molecular complexity index is 457. The molecule has 1 aromatic rings. The molecule has 0 aliphatic heterocycles. The first kappa shape index (κ1) is 18.2. The number of anilines is 1. The summed E-state index contributed by atoms with van der Waals surface area (Å²) in [6, 6.07) is 6.76. The Hall–Kier alpha value is -1.88. The van der Waals surface area contributed by atoms with Gasteiger partial charge in [-0.3, -0.25) is 4.79 Å². The minimum Gasteiger partial charge on any atom is -0.462 e. The minimum atomic E-state index is -0.324. The summed E-state index contributed by atoms with van der Waals surface area (Å²) in [5, 5.41) is 5.98. The molecular formula is C17H26N2O3. The number of hydrogen-bond donors (Lipinski definition) is 2. The second-order valence-electron chi connectivity index (χ2n) is 5.11. The lowest BCUT2D eigenvalue weighted by Gasteiger charge is -2.07. The zero-order valence-corrected chi connectivity index (χ0v) is 13.5. The number of esters is 1. The fraction of sp³-hybridized carbons (Fsp3) is 0.529. The molecule has 1 rings (SSSR count). The van der Waals surface area contributed by atoms with Crippen LogP contribution >= 0.6 is 0 Å². The average molecular weight is 306 g/mol. The molecule has 0 aliphatic carbocycles. The topological polar surface area (TPSA) is 67.4 Å². The van der Waals surface area contributed by atoms with Crippen molar-refractivity contribution in [3.05, 3.63) is 29.8 Å². The molecule has 0 radical (unpaired) electrons. The van der Waals surface area contributed by atoms with Crippen molar-refractivity contribution >= 4 is 17.6 Å². The SMILES string of the molecule is CCCCOC(=O)c1ccc(NC(=O)CCNCCC)cc1. The monoisotopic (exact) mass is 306 g/mol. The highest BCUT2D eigenvalue weighted by Crippen LogP contribution is 2.11. The van der Waals surface area contributed by atoms with Gasteiger partial charge in [0, 0.05) is 18.7 Å². The maximum absolute atomic E-state index is 11.7. The number of amides is 1. The fourth-order valence-corrected chi connectivity index (χ4v) is 1.81. The van der Waals surface area contributed by atoms with Crippen LogP contribution in [0.5, 0.6) is 0 Å². The number of carbonyl (C=O) groups is 2. The van der Waals surface area contributed by atoms with Gasteiger partial charge in [-0.15, -0.1) is 0 Å². The largest absolute Gasteiger partial charge is 0.462 e. The summed E-state index contributed by atoms with van der Waals surface area (Å²) in [4.78, 5) is 23.5. The lowest BCUT2D eigenvalue weighted by atomic mass is 10.2. The van der Waals surface area contributed by atoms with Crippen LogP contribution in [0.1, 0.15) is 49.9 Å². The molecule has 5 heteroatoms.